The lowest BCUT2D eigenvalue weighted by molar-refractivity contribution is -0.113. The van der Waals surface area contributed by atoms with Gasteiger partial charge in [-0.1, -0.05) is 24.3 Å². The van der Waals surface area contributed by atoms with Gasteiger partial charge in [0.2, 0.25) is 5.89 Å². The standard InChI is InChI=1S/C27H22N6O3/c1-16-24(26(35)31-20-8-7-19-13-28-10-9-18(19)11-20)25(33-23(30-16)12-21(15-34)32-33)22-14-29-27(36-22)17-5-3-2-4-6-17/h2-14,25,30,34H,15H2,1H3,(H,31,35). The lowest BCUT2D eigenvalue weighted by Gasteiger charge is -2.28. The second-order valence-electron chi connectivity index (χ2n) is 8.52. The van der Waals surface area contributed by atoms with Crippen molar-refractivity contribution >= 4 is 28.2 Å². The minimum absolute atomic E-state index is 0.230. The molecule has 0 bridgehead atoms. The predicted octanol–water partition coefficient (Wildman–Crippen LogP) is 4.51. The molecule has 2 aromatic carbocycles. The Labute approximate surface area is 206 Å². The Morgan fingerprint density at radius 2 is 1.97 bits per heavy atom. The average molecular weight is 479 g/mol. The van der Waals surface area contributed by atoms with Crippen LogP contribution in [0.1, 0.15) is 24.4 Å². The van der Waals surface area contributed by atoms with Gasteiger partial charge in [-0.3, -0.25) is 9.78 Å². The number of hydrogen-bond acceptors (Lipinski definition) is 7. The number of anilines is 2. The number of aromatic nitrogens is 4. The van der Waals surface area contributed by atoms with E-state index in [1.54, 1.807) is 29.3 Å². The molecule has 1 atom stereocenters. The van der Waals surface area contributed by atoms with E-state index >= 15 is 0 Å². The Bertz CT molecular complexity index is 1620. The quantitative estimate of drug-likeness (QED) is 0.340. The number of fused-ring (bicyclic) bond motifs is 2. The van der Waals surface area contributed by atoms with Crippen LogP contribution in [0.5, 0.6) is 0 Å². The molecule has 5 aromatic rings. The van der Waals surface area contributed by atoms with Crippen LogP contribution in [-0.2, 0) is 11.4 Å². The van der Waals surface area contributed by atoms with Crippen molar-refractivity contribution < 1.29 is 14.3 Å². The molecule has 9 heteroatoms. The molecular formula is C27H22N6O3. The summed E-state index contributed by atoms with van der Waals surface area (Å²) in [6, 6.07) is 18.2. The number of amides is 1. The fourth-order valence-electron chi connectivity index (χ4n) is 4.44. The molecule has 3 N–H and O–H groups in total. The molecule has 3 aromatic heterocycles. The van der Waals surface area contributed by atoms with Gasteiger partial charge in [0.15, 0.2) is 5.76 Å². The van der Waals surface area contributed by atoms with E-state index in [1.807, 2.05) is 61.5 Å². The van der Waals surface area contributed by atoms with Gasteiger partial charge in [-0.2, -0.15) is 5.10 Å². The topological polar surface area (TPSA) is 118 Å². The maximum atomic E-state index is 13.7. The van der Waals surface area contributed by atoms with Crippen LogP contribution in [0.3, 0.4) is 0 Å². The third-order valence-electron chi connectivity index (χ3n) is 6.14. The van der Waals surface area contributed by atoms with E-state index in [-0.39, 0.29) is 12.5 Å². The van der Waals surface area contributed by atoms with Gasteiger partial charge in [-0.25, -0.2) is 9.67 Å². The number of carbonyl (C=O) groups excluding carboxylic acids is 1. The van der Waals surface area contributed by atoms with Gasteiger partial charge in [-0.15, -0.1) is 0 Å². The van der Waals surface area contributed by atoms with Gasteiger partial charge in [0.1, 0.15) is 11.9 Å². The zero-order valence-corrected chi connectivity index (χ0v) is 19.3. The minimum atomic E-state index is -0.684. The Morgan fingerprint density at radius 1 is 1.11 bits per heavy atom. The summed E-state index contributed by atoms with van der Waals surface area (Å²) < 4.78 is 7.81. The first kappa shape index (κ1) is 21.8. The zero-order chi connectivity index (χ0) is 24.6. The lowest BCUT2D eigenvalue weighted by atomic mass is 10.00. The van der Waals surface area contributed by atoms with Crippen molar-refractivity contribution in [3.63, 3.8) is 0 Å². The predicted molar refractivity (Wildman–Crippen MR) is 135 cm³/mol. The molecule has 0 fully saturated rings. The number of hydrogen-bond donors (Lipinski definition) is 3. The summed E-state index contributed by atoms with van der Waals surface area (Å²) in [6.07, 6.45) is 5.11. The third kappa shape index (κ3) is 3.81. The Balaban J connectivity index is 1.40. The average Bonchev–Trinajstić information content (AvgIpc) is 3.55. The van der Waals surface area contributed by atoms with Crippen LogP contribution in [0, 0.1) is 0 Å². The SMILES string of the molecule is CC1=C(C(=O)Nc2ccc3cnccc3c2)C(c2cnc(-c3ccccc3)o2)n2nc(CO)cc2N1. The number of nitrogens with zero attached hydrogens (tertiary/aromatic N) is 4. The van der Waals surface area contributed by atoms with E-state index in [0.29, 0.717) is 40.1 Å². The normalized spacial score (nSPS) is 15.0. The number of aliphatic hydroxyl groups is 1. The number of allylic oxidation sites excluding steroid dienone is 1. The molecule has 0 saturated carbocycles. The molecule has 1 aliphatic rings. The van der Waals surface area contributed by atoms with Crippen LogP contribution >= 0.6 is 0 Å². The molecule has 0 aliphatic carbocycles. The van der Waals surface area contributed by atoms with Crippen LogP contribution in [-0.4, -0.2) is 30.8 Å². The van der Waals surface area contributed by atoms with Crippen LogP contribution in [0.4, 0.5) is 11.5 Å². The van der Waals surface area contributed by atoms with Crippen LogP contribution in [0.15, 0.2) is 94.9 Å². The van der Waals surface area contributed by atoms with Crippen molar-refractivity contribution in [1.29, 1.82) is 0 Å². The van der Waals surface area contributed by atoms with Crippen LogP contribution in [0.2, 0.25) is 0 Å². The third-order valence-corrected chi connectivity index (χ3v) is 6.14. The van der Waals surface area contributed by atoms with Gasteiger partial charge >= 0.3 is 0 Å². The molecule has 0 radical (unpaired) electrons. The fraction of sp³-hybridized carbons (Fsp3) is 0.111. The molecule has 0 spiro atoms. The van der Waals surface area contributed by atoms with Crippen LogP contribution in [0.25, 0.3) is 22.2 Å². The first-order chi connectivity index (χ1) is 17.6. The summed E-state index contributed by atoms with van der Waals surface area (Å²) in [5.41, 5.74) is 3.04. The number of pyridine rings is 1. The highest BCUT2D eigenvalue weighted by Crippen LogP contribution is 2.38. The molecule has 1 amide bonds. The maximum Gasteiger partial charge on any atom is 0.256 e. The van der Waals surface area contributed by atoms with Crippen molar-refractivity contribution in [2.75, 3.05) is 10.6 Å². The molecule has 1 unspecified atom stereocenters. The number of aliphatic hydroxyl groups excluding tert-OH is 1. The fourth-order valence-corrected chi connectivity index (χ4v) is 4.44. The summed E-state index contributed by atoms with van der Waals surface area (Å²) in [6.45, 7) is 1.60. The second-order valence-corrected chi connectivity index (χ2v) is 8.52. The van der Waals surface area contributed by atoms with E-state index in [0.717, 1.165) is 16.3 Å². The lowest BCUT2D eigenvalue weighted by Crippen LogP contribution is -2.31. The molecule has 1 aliphatic heterocycles. The first-order valence-electron chi connectivity index (χ1n) is 11.4. The summed E-state index contributed by atoms with van der Waals surface area (Å²) in [7, 11) is 0. The smallest absolute Gasteiger partial charge is 0.256 e. The molecule has 9 nitrogen and oxygen atoms in total. The Morgan fingerprint density at radius 3 is 2.81 bits per heavy atom. The Hall–Kier alpha value is -4.76. The maximum absolute atomic E-state index is 13.7. The highest BCUT2D eigenvalue weighted by molar-refractivity contribution is 6.06. The zero-order valence-electron chi connectivity index (χ0n) is 19.3. The Kier molecular flexibility index (Phi) is 5.31. The molecule has 6 rings (SSSR count). The number of oxazole rings is 1. The number of benzene rings is 2. The molecule has 178 valence electrons. The molecule has 36 heavy (non-hydrogen) atoms. The molecular weight excluding hydrogens is 456 g/mol. The number of rotatable bonds is 5. The summed E-state index contributed by atoms with van der Waals surface area (Å²) >= 11 is 0. The van der Waals surface area contributed by atoms with Crippen LogP contribution < -0.4 is 10.6 Å². The van der Waals surface area contributed by atoms with Gasteiger partial charge in [0, 0.05) is 40.8 Å². The number of carbonyl (C=O) groups is 1. The largest absolute Gasteiger partial charge is 0.439 e. The minimum Gasteiger partial charge on any atom is -0.439 e. The van der Waals surface area contributed by atoms with Crippen molar-refractivity contribution in [3.8, 4) is 11.5 Å². The van der Waals surface area contributed by atoms with Crippen molar-refractivity contribution in [2.45, 2.75) is 19.6 Å². The van der Waals surface area contributed by atoms with E-state index in [4.69, 9.17) is 4.42 Å². The van der Waals surface area contributed by atoms with E-state index < -0.39 is 6.04 Å². The summed E-state index contributed by atoms with van der Waals surface area (Å²) in [4.78, 5) is 22.3. The highest BCUT2D eigenvalue weighted by Gasteiger charge is 2.36. The van der Waals surface area contributed by atoms with Crippen molar-refractivity contribution in [2.24, 2.45) is 0 Å². The van der Waals surface area contributed by atoms with Gasteiger partial charge in [-0.05, 0) is 42.6 Å². The van der Waals surface area contributed by atoms with Gasteiger partial charge < -0.3 is 20.2 Å². The highest BCUT2D eigenvalue weighted by atomic mass is 16.4. The second kappa shape index (κ2) is 8.79. The summed E-state index contributed by atoms with van der Waals surface area (Å²) in [5.74, 6) is 1.25. The number of nitrogens with one attached hydrogen (secondary N) is 2. The molecule has 0 saturated heterocycles. The van der Waals surface area contributed by atoms with E-state index in [2.05, 4.69) is 25.7 Å². The summed E-state index contributed by atoms with van der Waals surface area (Å²) in [5, 5.41) is 22.4. The van der Waals surface area contributed by atoms with Crippen molar-refractivity contribution in [3.05, 3.63) is 102 Å². The van der Waals surface area contributed by atoms with Crippen molar-refractivity contribution in [1.82, 2.24) is 19.7 Å². The van der Waals surface area contributed by atoms with Gasteiger partial charge in [0.25, 0.3) is 5.91 Å². The first-order valence-corrected chi connectivity index (χ1v) is 11.4. The van der Waals surface area contributed by atoms with Gasteiger partial charge in [0.05, 0.1) is 24.1 Å². The van der Waals surface area contributed by atoms with E-state index in [9.17, 15) is 9.90 Å². The monoisotopic (exact) mass is 478 g/mol. The van der Waals surface area contributed by atoms with E-state index in [1.165, 1.54) is 0 Å². The molecule has 4 heterocycles.